The summed E-state index contributed by atoms with van der Waals surface area (Å²) in [5.41, 5.74) is 2.12. The molecule has 17 heavy (non-hydrogen) atoms. The van der Waals surface area contributed by atoms with E-state index in [0.29, 0.717) is 6.92 Å². The Morgan fingerprint density at radius 3 is 2.65 bits per heavy atom. The second kappa shape index (κ2) is 4.79. The number of nitrogens with zero attached hydrogens (tertiary/aromatic N) is 1. The molecule has 1 fully saturated rings. The quantitative estimate of drug-likeness (QED) is 0.697. The van der Waals surface area contributed by atoms with Crippen molar-refractivity contribution in [2.24, 2.45) is 5.73 Å². The average molecular weight is 256 g/mol. The Kier molecular flexibility index (Phi) is 4.00. The minimum Gasteiger partial charge on any atom is -0.394 e. The first-order valence-electron chi connectivity index (χ1n) is 5.07. The van der Waals surface area contributed by atoms with Crippen LogP contribution in [0.25, 0.3) is 0 Å². The van der Waals surface area contributed by atoms with Crippen LogP contribution < -0.4 is 5.73 Å². The summed E-state index contributed by atoms with van der Waals surface area (Å²) in [6.45, 7) is 0.330. The van der Waals surface area contributed by atoms with Crippen LogP contribution >= 0.6 is 0 Å². The zero-order valence-electron chi connectivity index (χ0n) is 9.33. The van der Waals surface area contributed by atoms with Gasteiger partial charge in [0, 0.05) is 13.1 Å². The number of carbonyl (C=O) groups excluding carboxylic acids is 1. The van der Waals surface area contributed by atoms with Gasteiger partial charge < -0.3 is 20.5 Å². The summed E-state index contributed by atoms with van der Waals surface area (Å²) in [5.74, 6) is -1.20. The Morgan fingerprint density at radius 1 is 1.59 bits per heavy atom. The van der Waals surface area contributed by atoms with E-state index in [1.54, 1.807) is 0 Å². The van der Waals surface area contributed by atoms with E-state index in [9.17, 15) is 18.0 Å². The SMILES string of the molecule is CC(N)(C(=O)N1CCOC(CO)C1)C(F)(F)F. The van der Waals surface area contributed by atoms with Crippen molar-refractivity contribution < 1.29 is 27.8 Å². The molecule has 2 unspecified atom stereocenters. The summed E-state index contributed by atoms with van der Waals surface area (Å²) >= 11 is 0. The predicted octanol–water partition coefficient (Wildman–Crippen LogP) is -0.514. The van der Waals surface area contributed by atoms with Crippen molar-refractivity contribution in [1.29, 1.82) is 0 Å². The summed E-state index contributed by atoms with van der Waals surface area (Å²) < 4.78 is 42.7. The molecule has 0 spiro atoms. The van der Waals surface area contributed by atoms with E-state index in [2.05, 4.69) is 0 Å². The van der Waals surface area contributed by atoms with E-state index >= 15 is 0 Å². The zero-order chi connectivity index (χ0) is 13.3. The number of aliphatic hydroxyl groups is 1. The maximum Gasteiger partial charge on any atom is 0.415 e. The molecule has 100 valence electrons. The van der Waals surface area contributed by atoms with Crippen LogP contribution in [-0.2, 0) is 9.53 Å². The van der Waals surface area contributed by atoms with Crippen LogP contribution in [0.3, 0.4) is 0 Å². The van der Waals surface area contributed by atoms with E-state index < -0.39 is 23.7 Å². The fourth-order valence-electron chi connectivity index (χ4n) is 1.46. The molecule has 0 aliphatic carbocycles. The summed E-state index contributed by atoms with van der Waals surface area (Å²) in [5, 5.41) is 8.84. The van der Waals surface area contributed by atoms with Crippen LogP contribution in [-0.4, -0.2) is 60.0 Å². The molecule has 0 aromatic rings. The first kappa shape index (κ1) is 14.2. The smallest absolute Gasteiger partial charge is 0.394 e. The molecule has 1 amide bonds. The average Bonchev–Trinajstić information content (AvgIpc) is 2.26. The molecule has 3 N–H and O–H groups in total. The summed E-state index contributed by atoms with van der Waals surface area (Å²) in [4.78, 5) is 12.6. The molecule has 1 heterocycles. The summed E-state index contributed by atoms with van der Waals surface area (Å²) in [6.07, 6.45) is -5.46. The number of aliphatic hydroxyl groups excluding tert-OH is 1. The van der Waals surface area contributed by atoms with E-state index in [1.807, 2.05) is 0 Å². The third kappa shape index (κ3) is 2.88. The first-order chi connectivity index (χ1) is 7.70. The van der Waals surface area contributed by atoms with Gasteiger partial charge in [0.15, 0.2) is 5.54 Å². The molecule has 1 aliphatic rings. The van der Waals surface area contributed by atoms with Crippen molar-refractivity contribution >= 4 is 5.91 Å². The molecule has 1 aliphatic heterocycles. The lowest BCUT2D eigenvalue weighted by Gasteiger charge is -2.37. The monoisotopic (exact) mass is 256 g/mol. The van der Waals surface area contributed by atoms with Crippen LogP contribution in [0.5, 0.6) is 0 Å². The van der Waals surface area contributed by atoms with Crippen molar-refractivity contribution in [3.05, 3.63) is 0 Å². The molecule has 1 saturated heterocycles. The second-order valence-corrected chi connectivity index (χ2v) is 4.13. The van der Waals surface area contributed by atoms with Gasteiger partial charge in [0.2, 0.25) is 0 Å². The standard InChI is InChI=1S/C9H15F3N2O3/c1-8(13,9(10,11)12)7(16)14-2-3-17-6(4-14)5-15/h6,15H,2-5,13H2,1H3. The molecule has 5 nitrogen and oxygen atoms in total. The highest BCUT2D eigenvalue weighted by atomic mass is 19.4. The number of morpholine rings is 1. The van der Waals surface area contributed by atoms with Crippen molar-refractivity contribution in [3.63, 3.8) is 0 Å². The minimum atomic E-state index is -4.81. The number of hydrogen-bond acceptors (Lipinski definition) is 4. The van der Waals surface area contributed by atoms with E-state index in [4.69, 9.17) is 15.6 Å². The van der Waals surface area contributed by atoms with Gasteiger partial charge in [0.1, 0.15) is 0 Å². The maximum atomic E-state index is 12.6. The number of nitrogens with two attached hydrogens (primary N) is 1. The number of halogens is 3. The molecule has 0 aromatic carbocycles. The van der Waals surface area contributed by atoms with Crippen LogP contribution in [0.4, 0.5) is 13.2 Å². The fourth-order valence-corrected chi connectivity index (χ4v) is 1.46. The normalized spacial score (nSPS) is 25.5. The van der Waals surface area contributed by atoms with Gasteiger partial charge in [-0.05, 0) is 6.92 Å². The van der Waals surface area contributed by atoms with Gasteiger partial charge in [0.05, 0.1) is 19.3 Å². The maximum absolute atomic E-state index is 12.6. The fraction of sp³-hybridized carbons (Fsp3) is 0.889. The summed E-state index contributed by atoms with van der Waals surface area (Å²) in [7, 11) is 0. The molecule has 0 bridgehead atoms. The zero-order valence-corrected chi connectivity index (χ0v) is 9.33. The third-order valence-electron chi connectivity index (χ3n) is 2.66. The molecule has 2 atom stereocenters. The molecular weight excluding hydrogens is 241 g/mol. The minimum absolute atomic E-state index is 0.0399. The highest BCUT2D eigenvalue weighted by Crippen LogP contribution is 2.30. The van der Waals surface area contributed by atoms with Crippen LogP contribution in [0.1, 0.15) is 6.92 Å². The highest BCUT2D eigenvalue weighted by molar-refractivity contribution is 5.86. The van der Waals surface area contributed by atoms with Gasteiger partial charge >= 0.3 is 6.18 Å². The Bertz CT molecular complexity index is 294. The molecule has 1 rings (SSSR count). The first-order valence-corrected chi connectivity index (χ1v) is 5.07. The lowest BCUT2D eigenvalue weighted by atomic mass is 10.0. The van der Waals surface area contributed by atoms with Crippen LogP contribution in [0.15, 0.2) is 0 Å². The van der Waals surface area contributed by atoms with Crippen LogP contribution in [0.2, 0.25) is 0 Å². The number of ether oxygens (including phenoxy) is 1. The van der Waals surface area contributed by atoms with Gasteiger partial charge in [-0.15, -0.1) is 0 Å². The lowest BCUT2D eigenvalue weighted by Crippen LogP contribution is -2.64. The van der Waals surface area contributed by atoms with Crippen molar-refractivity contribution in [2.45, 2.75) is 24.7 Å². The van der Waals surface area contributed by atoms with Gasteiger partial charge in [-0.2, -0.15) is 13.2 Å². The number of carbonyl (C=O) groups is 1. The van der Waals surface area contributed by atoms with Crippen molar-refractivity contribution in [2.75, 3.05) is 26.3 Å². The Hall–Kier alpha value is -0.860. The largest absolute Gasteiger partial charge is 0.415 e. The molecule has 0 radical (unpaired) electrons. The lowest BCUT2D eigenvalue weighted by molar-refractivity contribution is -0.197. The number of hydrogen-bond donors (Lipinski definition) is 2. The van der Waals surface area contributed by atoms with Gasteiger partial charge in [-0.1, -0.05) is 0 Å². The van der Waals surface area contributed by atoms with E-state index in [1.165, 1.54) is 0 Å². The van der Waals surface area contributed by atoms with Crippen LogP contribution in [0, 0.1) is 0 Å². The second-order valence-electron chi connectivity index (χ2n) is 4.13. The number of alkyl halides is 3. The Labute approximate surface area is 96.3 Å². The van der Waals surface area contributed by atoms with Crippen molar-refractivity contribution in [1.82, 2.24) is 4.90 Å². The Balaban J connectivity index is 2.76. The highest BCUT2D eigenvalue weighted by Gasteiger charge is 2.55. The molecule has 0 aromatic heterocycles. The predicted molar refractivity (Wildman–Crippen MR) is 52.1 cm³/mol. The van der Waals surface area contributed by atoms with E-state index in [-0.39, 0.29) is 26.3 Å². The molecule has 0 saturated carbocycles. The summed E-state index contributed by atoms with van der Waals surface area (Å²) in [6, 6.07) is 0. The number of amides is 1. The molecule has 8 heteroatoms. The number of rotatable bonds is 2. The third-order valence-corrected chi connectivity index (χ3v) is 2.66. The van der Waals surface area contributed by atoms with Gasteiger partial charge in [-0.3, -0.25) is 4.79 Å². The topological polar surface area (TPSA) is 75.8 Å². The van der Waals surface area contributed by atoms with Gasteiger partial charge in [0.25, 0.3) is 5.91 Å². The molecular formula is C9H15F3N2O3. The van der Waals surface area contributed by atoms with E-state index in [0.717, 1.165) is 4.90 Å². The van der Waals surface area contributed by atoms with Crippen molar-refractivity contribution in [3.8, 4) is 0 Å². The van der Waals surface area contributed by atoms with Gasteiger partial charge in [-0.25, -0.2) is 0 Å². The Morgan fingerprint density at radius 2 is 2.18 bits per heavy atom.